The summed E-state index contributed by atoms with van der Waals surface area (Å²) in [6.45, 7) is -0.0668. The Morgan fingerprint density at radius 2 is 1.85 bits per heavy atom. The summed E-state index contributed by atoms with van der Waals surface area (Å²) < 4.78 is 47.1. The number of H-pyrrole nitrogens is 1. The van der Waals surface area contributed by atoms with Crippen molar-refractivity contribution in [3.63, 3.8) is 0 Å². The number of halogens is 3. The summed E-state index contributed by atoms with van der Waals surface area (Å²) in [6, 6.07) is 11.5. The SMILES string of the molecule is Cn1c(=O)[nH]c2cc(C(=O)NCc3ccc(C(F)(F)F)c(OCc4ccncc4)c3)ccc21. The molecule has 2 N–H and O–H groups in total. The Hall–Kier alpha value is -4.08. The van der Waals surface area contributed by atoms with E-state index in [1.807, 2.05) is 0 Å². The second kappa shape index (κ2) is 8.81. The maximum absolute atomic E-state index is 13.4. The molecule has 0 aliphatic rings. The fourth-order valence-electron chi connectivity index (χ4n) is 3.33. The molecule has 4 aromatic rings. The molecule has 2 aromatic heterocycles. The number of aryl methyl sites for hydroxylation is 1. The molecule has 4 rings (SSSR count). The molecule has 10 heteroatoms. The van der Waals surface area contributed by atoms with Crippen molar-refractivity contribution in [1.29, 1.82) is 0 Å². The number of carbonyl (C=O) groups is 1. The fourth-order valence-corrected chi connectivity index (χ4v) is 3.33. The van der Waals surface area contributed by atoms with Gasteiger partial charge in [0.1, 0.15) is 12.4 Å². The number of carbonyl (C=O) groups excluding carboxylic acids is 1. The Kier molecular flexibility index (Phi) is 5.91. The molecule has 7 nitrogen and oxygen atoms in total. The van der Waals surface area contributed by atoms with Gasteiger partial charge in [0.15, 0.2) is 0 Å². The van der Waals surface area contributed by atoms with Crippen LogP contribution in [0.2, 0.25) is 0 Å². The third-order valence-corrected chi connectivity index (χ3v) is 5.11. The monoisotopic (exact) mass is 456 g/mol. The molecular formula is C23H19F3N4O3. The van der Waals surface area contributed by atoms with Crippen LogP contribution in [0.5, 0.6) is 5.75 Å². The van der Waals surface area contributed by atoms with Crippen LogP contribution in [0.25, 0.3) is 11.0 Å². The average molecular weight is 456 g/mol. The maximum Gasteiger partial charge on any atom is 0.419 e. The third-order valence-electron chi connectivity index (χ3n) is 5.11. The predicted molar refractivity (Wildman–Crippen MR) is 115 cm³/mol. The quantitative estimate of drug-likeness (QED) is 0.462. The van der Waals surface area contributed by atoms with E-state index in [9.17, 15) is 22.8 Å². The van der Waals surface area contributed by atoms with Gasteiger partial charge in [-0.3, -0.25) is 14.3 Å². The minimum atomic E-state index is -4.59. The molecule has 0 unspecified atom stereocenters. The zero-order chi connectivity index (χ0) is 23.6. The van der Waals surface area contributed by atoms with E-state index >= 15 is 0 Å². The lowest BCUT2D eigenvalue weighted by molar-refractivity contribution is -0.139. The number of rotatable bonds is 6. The highest BCUT2D eigenvalue weighted by Gasteiger charge is 2.34. The zero-order valence-corrected chi connectivity index (χ0v) is 17.4. The first kappa shape index (κ1) is 22.1. The largest absolute Gasteiger partial charge is 0.488 e. The molecule has 0 fully saturated rings. The second-order valence-electron chi connectivity index (χ2n) is 7.38. The van der Waals surface area contributed by atoms with E-state index in [0.29, 0.717) is 27.7 Å². The van der Waals surface area contributed by atoms with Gasteiger partial charge in [-0.1, -0.05) is 6.07 Å². The van der Waals surface area contributed by atoms with E-state index < -0.39 is 17.6 Å². The molecule has 170 valence electrons. The van der Waals surface area contributed by atoms with Crippen LogP contribution in [-0.2, 0) is 26.4 Å². The molecule has 0 atom stereocenters. The number of pyridine rings is 1. The molecule has 0 spiro atoms. The normalized spacial score (nSPS) is 11.5. The van der Waals surface area contributed by atoms with Crippen LogP contribution in [0.1, 0.15) is 27.0 Å². The number of ether oxygens (including phenoxy) is 1. The first-order valence-corrected chi connectivity index (χ1v) is 9.91. The lowest BCUT2D eigenvalue weighted by Crippen LogP contribution is -2.23. The Labute approximate surface area is 185 Å². The Bertz CT molecular complexity index is 1360. The van der Waals surface area contributed by atoms with Crippen LogP contribution in [0.3, 0.4) is 0 Å². The number of aromatic nitrogens is 3. The number of amides is 1. The lowest BCUT2D eigenvalue weighted by Gasteiger charge is -2.16. The highest BCUT2D eigenvalue weighted by atomic mass is 19.4. The number of aromatic amines is 1. The summed E-state index contributed by atoms with van der Waals surface area (Å²) in [5, 5.41) is 2.68. The van der Waals surface area contributed by atoms with Gasteiger partial charge in [0, 0.05) is 31.5 Å². The van der Waals surface area contributed by atoms with Crippen LogP contribution >= 0.6 is 0 Å². The summed E-state index contributed by atoms with van der Waals surface area (Å²) in [5.41, 5.74) is 1.38. The highest BCUT2D eigenvalue weighted by molar-refractivity contribution is 5.97. The molecule has 0 radical (unpaired) electrons. The van der Waals surface area contributed by atoms with Crippen molar-refractivity contribution in [2.24, 2.45) is 7.05 Å². The van der Waals surface area contributed by atoms with Gasteiger partial charge in [-0.05, 0) is 53.6 Å². The van der Waals surface area contributed by atoms with Gasteiger partial charge in [0.05, 0.1) is 16.6 Å². The summed E-state index contributed by atoms with van der Waals surface area (Å²) >= 11 is 0. The Balaban J connectivity index is 1.50. The van der Waals surface area contributed by atoms with E-state index in [4.69, 9.17) is 4.74 Å². The van der Waals surface area contributed by atoms with Crippen molar-refractivity contribution in [3.8, 4) is 5.75 Å². The first-order chi connectivity index (χ1) is 15.7. The molecule has 0 aliphatic carbocycles. The molecule has 0 bridgehead atoms. The number of hydrogen-bond acceptors (Lipinski definition) is 4. The number of nitrogens with zero attached hydrogens (tertiary/aromatic N) is 2. The highest BCUT2D eigenvalue weighted by Crippen LogP contribution is 2.37. The standard InChI is InChI=1S/C23H19F3N4O3/c1-30-19-5-3-16(11-18(19)29-22(30)32)21(31)28-12-15-2-4-17(23(24,25)26)20(10-15)33-13-14-6-8-27-9-7-14/h2-11H,12-13H2,1H3,(H,28,31)(H,29,32). The molecule has 2 heterocycles. The van der Waals surface area contributed by atoms with E-state index in [0.717, 1.165) is 6.07 Å². The topological polar surface area (TPSA) is 89.0 Å². The third kappa shape index (κ3) is 4.89. The maximum atomic E-state index is 13.4. The smallest absolute Gasteiger partial charge is 0.419 e. The predicted octanol–water partition coefficient (Wildman–Crippen LogP) is 3.79. The summed E-state index contributed by atoms with van der Waals surface area (Å²) in [6.07, 6.45) is -1.53. The Morgan fingerprint density at radius 1 is 1.09 bits per heavy atom. The first-order valence-electron chi connectivity index (χ1n) is 9.91. The van der Waals surface area contributed by atoms with Gasteiger partial charge >= 0.3 is 11.9 Å². The number of imidazole rings is 1. The number of benzene rings is 2. The van der Waals surface area contributed by atoms with Crippen molar-refractivity contribution in [2.75, 3.05) is 0 Å². The molecule has 0 aliphatic heterocycles. The van der Waals surface area contributed by atoms with Crippen LogP contribution in [0, 0.1) is 0 Å². The van der Waals surface area contributed by atoms with Crippen molar-refractivity contribution in [2.45, 2.75) is 19.3 Å². The molecule has 1 amide bonds. The Morgan fingerprint density at radius 3 is 2.58 bits per heavy atom. The number of hydrogen-bond donors (Lipinski definition) is 2. The van der Waals surface area contributed by atoms with Gasteiger partial charge in [-0.15, -0.1) is 0 Å². The van der Waals surface area contributed by atoms with Crippen LogP contribution < -0.4 is 15.7 Å². The zero-order valence-electron chi connectivity index (χ0n) is 17.4. The second-order valence-corrected chi connectivity index (χ2v) is 7.38. The van der Waals surface area contributed by atoms with Gasteiger partial charge in [0.2, 0.25) is 0 Å². The summed E-state index contributed by atoms with van der Waals surface area (Å²) in [7, 11) is 1.61. The average Bonchev–Trinajstić information content (AvgIpc) is 3.08. The van der Waals surface area contributed by atoms with Gasteiger partial charge < -0.3 is 15.0 Å². The van der Waals surface area contributed by atoms with Gasteiger partial charge in [0.25, 0.3) is 5.91 Å². The minimum absolute atomic E-state index is 0.00800. The molecular weight excluding hydrogens is 437 g/mol. The van der Waals surface area contributed by atoms with Crippen molar-refractivity contribution in [1.82, 2.24) is 19.9 Å². The van der Waals surface area contributed by atoms with Crippen LogP contribution in [0.4, 0.5) is 13.2 Å². The van der Waals surface area contributed by atoms with Crippen molar-refractivity contribution in [3.05, 3.63) is 93.7 Å². The molecule has 33 heavy (non-hydrogen) atoms. The number of nitrogens with one attached hydrogen (secondary N) is 2. The lowest BCUT2D eigenvalue weighted by atomic mass is 10.1. The van der Waals surface area contributed by atoms with Crippen molar-refractivity contribution < 1.29 is 22.7 Å². The fraction of sp³-hybridized carbons (Fsp3) is 0.174. The van der Waals surface area contributed by atoms with E-state index in [1.165, 1.54) is 29.1 Å². The molecule has 0 saturated carbocycles. The van der Waals surface area contributed by atoms with Gasteiger partial charge in [-0.25, -0.2) is 4.79 Å². The van der Waals surface area contributed by atoms with Crippen LogP contribution in [0.15, 0.2) is 65.7 Å². The molecule has 0 saturated heterocycles. The number of alkyl halides is 3. The van der Waals surface area contributed by atoms with Gasteiger partial charge in [-0.2, -0.15) is 13.2 Å². The summed E-state index contributed by atoms with van der Waals surface area (Å²) in [4.78, 5) is 30.8. The number of fused-ring (bicyclic) bond motifs is 1. The van der Waals surface area contributed by atoms with E-state index in [-0.39, 0.29) is 24.6 Å². The minimum Gasteiger partial charge on any atom is -0.488 e. The van der Waals surface area contributed by atoms with E-state index in [1.54, 1.807) is 37.4 Å². The summed E-state index contributed by atoms with van der Waals surface area (Å²) in [5.74, 6) is -0.755. The van der Waals surface area contributed by atoms with E-state index in [2.05, 4.69) is 15.3 Å². The molecule has 2 aromatic carbocycles. The van der Waals surface area contributed by atoms with Crippen molar-refractivity contribution >= 4 is 16.9 Å². The van der Waals surface area contributed by atoms with Crippen LogP contribution in [-0.4, -0.2) is 20.4 Å².